The highest BCUT2D eigenvalue weighted by atomic mass is 19.4. The molecule has 0 aromatic heterocycles. The van der Waals surface area contributed by atoms with Crippen molar-refractivity contribution in [3.05, 3.63) is 34.9 Å². The number of hydrogen-bond donors (Lipinski definition) is 2. The van der Waals surface area contributed by atoms with E-state index in [1.807, 2.05) is 0 Å². The molecule has 26 heavy (non-hydrogen) atoms. The van der Waals surface area contributed by atoms with E-state index >= 15 is 0 Å². The molecule has 0 aliphatic carbocycles. The van der Waals surface area contributed by atoms with E-state index in [4.69, 9.17) is 0 Å². The van der Waals surface area contributed by atoms with E-state index in [1.165, 1.54) is 6.92 Å². The molecule has 0 heterocycles. The summed E-state index contributed by atoms with van der Waals surface area (Å²) in [5.41, 5.74) is -4.69. The maximum absolute atomic E-state index is 12.8. The minimum atomic E-state index is -5.06. The summed E-state index contributed by atoms with van der Waals surface area (Å²) < 4.78 is 76.9. The molecule has 0 bridgehead atoms. The standard InChI is InChI=1S/C16H18F6N2O2/c1-8(12(25)24-14(2,3)4)23-13(26)9-5-10(15(17,18)19)7-11(6-9)16(20,21)22/h5-8H,1-4H3,(H,23,26)(H,24,25)/t8-/m0/s1. The first-order valence-corrected chi connectivity index (χ1v) is 7.43. The van der Waals surface area contributed by atoms with Gasteiger partial charge in [-0.1, -0.05) is 0 Å². The second-order valence-corrected chi connectivity index (χ2v) is 6.73. The average molecular weight is 384 g/mol. The Morgan fingerprint density at radius 3 is 1.65 bits per heavy atom. The topological polar surface area (TPSA) is 58.2 Å². The Bertz CT molecular complexity index is 657. The van der Waals surface area contributed by atoms with Crippen LogP contribution in [0.3, 0.4) is 0 Å². The molecule has 1 atom stereocenters. The second-order valence-electron chi connectivity index (χ2n) is 6.73. The third-order valence-corrected chi connectivity index (χ3v) is 3.09. The van der Waals surface area contributed by atoms with E-state index in [-0.39, 0.29) is 6.07 Å². The van der Waals surface area contributed by atoms with Crippen LogP contribution in [-0.4, -0.2) is 23.4 Å². The smallest absolute Gasteiger partial charge is 0.350 e. The van der Waals surface area contributed by atoms with E-state index in [0.29, 0.717) is 12.1 Å². The Labute approximate surface area is 145 Å². The highest BCUT2D eigenvalue weighted by Crippen LogP contribution is 2.36. The molecule has 4 nitrogen and oxygen atoms in total. The molecule has 10 heteroatoms. The number of hydrogen-bond acceptors (Lipinski definition) is 2. The van der Waals surface area contributed by atoms with Crippen molar-refractivity contribution >= 4 is 11.8 Å². The van der Waals surface area contributed by atoms with Crippen LogP contribution >= 0.6 is 0 Å². The van der Waals surface area contributed by atoms with E-state index in [1.54, 1.807) is 20.8 Å². The monoisotopic (exact) mass is 384 g/mol. The van der Waals surface area contributed by atoms with Gasteiger partial charge in [-0.3, -0.25) is 9.59 Å². The Morgan fingerprint density at radius 1 is 0.885 bits per heavy atom. The van der Waals surface area contributed by atoms with Gasteiger partial charge in [0.15, 0.2) is 0 Å². The van der Waals surface area contributed by atoms with Crippen LogP contribution in [0.25, 0.3) is 0 Å². The predicted molar refractivity (Wildman–Crippen MR) is 81.3 cm³/mol. The summed E-state index contributed by atoms with van der Waals surface area (Å²) in [5, 5.41) is 4.62. The number of nitrogens with one attached hydrogen (secondary N) is 2. The maximum Gasteiger partial charge on any atom is 0.416 e. The normalized spacial score (nSPS) is 13.9. The molecule has 0 spiro atoms. The molecular weight excluding hydrogens is 366 g/mol. The lowest BCUT2D eigenvalue weighted by atomic mass is 10.0. The molecule has 1 aromatic carbocycles. The van der Waals surface area contributed by atoms with Gasteiger partial charge in [-0.25, -0.2) is 0 Å². The largest absolute Gasteiger partial charge is 0.416 e. The molecular formula is C16H18F6N2O2. The number of carbonyl (C=O) groups excluding carboxylic acids is 2. The summed E-state index contributed by atoms with van der Waals surface area (Å²) in [7, 11) is 0. The lowest BCUT2D eigenvalue weighted by Gasteiger charge is -2.23. The summed E-state index contributed by atoms with van der Waals surface area (Å²) in [5.74, 6) is -1.85. The van der Waals surface area contributed by atoms with Gasteiger partial charge in [0.2, 0.25) is 5.91 Å². The maximum atomic E-state index is 12.8. The van der Waals surface area contributed by atoms with Gasteiger partial charge in [0.05, 0.1) is 11.1 Å². The van der Waals surface area contributed by atoms with Crippen molar-refractivity contribution in [2.24, 2.45) is 0 Å². The van der Waals surface area contributed by atoms with E-state index in [9.17, 15) is 35.9 Å². The first-order valence-electron chi connectivity index (χ1n) is 7.43. The van der Waals surface area contributed by atoms with Crippen molar-refractivity contribution in [1.29, 1.82) is 0 Å². The number of rotatable bonds is 3. The molecule has 0 unspecified atom stereocenters. The lowest BCUT2D eigenvalue weighted by molar-refractivity contribution is -0.143. The second kappa shape index (κ2) is 7.16. The van der Waals surface area contributed by atoms with Crippen LogP contribution in [0.5, 0.6) is 0 Å². The molecule has 2 amide bonds. The quantitative estimate of drug-likeness (QED) is 0.780. The van der Waals surface area contributed by atoms with Crippen LogP contribution in [0.2, 0.25) is 0 Å². The molecule has 0 fully saturated rings. The first kappa shape index (κ1) is 21.8. The molecule has 0 saturated heterocycles. The highest BCUT2D eigenvalue weighted by molar-refractivity contribution is 5.97. The summed E-state index contributed by atoms with van der Waals surface area (Å²) in [6.07, 6.45) is -10.1. The zero-order valence-corrected chi connectivity index (χ0v) is 14.4. The van der Waals surface area contributed by atoms with Crippen LogP contribution in [0.1, 0.15) is 49.2 Å². The van der Waals surface area contributed by atoms with Crippen molar-refractivity contribution in [2.75, 3.05) is 0 Å². The van der Waals surface area contributed by atoms with Crippen molar-refractivity contribution < 1.29 is 35.9 Å². The third kappa shape index (κ3) is 6.23. The van der Waals surface area contributed by atoms with Crippen molar-refractivity contribution in [3.8, 4) is 0 Å². The molecule has 0 saturated carbocycles. The summed E-state index contributed by atoms with van der Waals surface area (Å²) in [6.45, 7) is 6.27. The van der Waals surface area contributed by atoms with Gasteiger partial charge in [0.1, 0.15) is 6.04 Å². The molecule has 1 aromatic rings. The van der Waals surface area contributed by atoms with E-state index < -0.39 is 52.4 Å². The number of amides is 2. The van der Waals surface area contributed by atoms with Crippen molar-refractivity contribution in [2.45, 2.75) is 51.6 Å². The first-order chi connectivity index (χ1) is 11.5. The van der Waals surface area contributed by atoms with Crippen molar-refractivity contribution in [1.82, 2.24) is 10.6 Å². The lowest BCUT2D eigenvalue weighted by Crippen LogP contribution is -2.50. The van der Waals surface area contributed by atoms with Crippen LogP contribution in [0.4, 0.5) is 26.3 Å². The zero-order valence-electron chi connectivity index (χ0n) is 14.4. The summed E-state index contributed by atoms with van der Waals surface area (Å²) >= 11 is 0. The number of alkyl halides is 6. The molecule has 2 N–H and O–H groups in total. The van der Waals surface area contributed by atoms with Gasteiger partial charge in [-0.15, -0.1) is 0 Å². The zero-order chi connectivity index (χ0) is 20.5. The number of carbonyl (C=O) groups is 2. The van der Waals surface area contributed by atoms with Gasteiger partial charge in [-0.05, 0) is 45.9 Å². The van der Waals surface area contributed by atoms with Crippen LogP contribution in [0.15, 0.2) is 18.2 Å². The number of benzene rings is 1. The summed E-state index contributed by atoms with van der Waals surface area (Å²) in [6, 6.07) is -0.629. The molecule has 0 aliphatic heterocycles. The fraction of sp³-hybridized carbons (Fsp3) is 0.500. The Kier molecular flexibility index (Phi) is 6.00. The Hall–Kier alpha value is -2.26. The van der Waals surface area contributed by atoms with Gasteiger partial charge >= 0.3 is 12.4 Å². The predicted octanol–water partition coefficient (Wildman–Crippen LogP) is 3.76. The van der Waals surface area contributed by atoms with Crippen LogP contribution in [0, 0.1) is 0 Å². The Morgan fingerprint density at radius 2 is 1.31 bits per heavy atom. The SMILES string of the molecule is C[C@H](NC(=O)c1cc(C(F)(F)F)cc(C(F)(F)F)c1)C(=O)NC(C)(C)C. The van der Waals surface area contributed by atoms with Gasteiger partial charge in [0, 0.05) is 11.1 Å². The fourth-order valence-electron chi connectivity index (χ4n) is 1.91. The number of halogens is 6. The molecule has 0 radical (unpaired) electrons. The van der Waals surface area contributed by atoms with E-state index in [2.05, 4.69) is 10.6 Å². The molecule has 0 aliphatic rings. The van der Waals surface area contributed by atoms with E-state index in [0.717, 1.165) is 0 Å². The Balaban J connectivity index is 3.14. The van der Waals surface area contributed by atoms with Crippen LogP contribution in [-0.2, 0) is 17.1 Å². The molecule has 1 rings (SSSR count). The highest BCUT2D eigenvalue weighted by Gasteiger charge is 2.37. The summed E-state index contributed by atoms with van der Waals surface area (Å²) in [4.78, 5) is 23.9. The van der Waals surface area contributed by atoms with Gasteiger partial charge in [0.25, 0.3) is 5.91 Å². The molecule has 146 valence electrons. The fourth-order valence-corrected chi connectivity index (χ4v) is 1.91. The van der Waals surface area contributed by atoms with Gasteiger partial charge < -0.3 is 10.6 Å². The minimum absolute atomic E-state index is 0.0769. The van der Waals surface area contributed by atoms with Gasteiger partial charge in [-0.2, -0.15) is 26.3 Å². The third-order valence-electron chi connectivity index (χ3n) is 3.09. The van der Waals surface area contributed by atoms with Crippen LogP contribution < -0.4 is 10.6 Å². The van der Waals surface area contributed by atoms with Crippen molar-refractivity contribution in [3.63, 3.8) is 0 Å². The average Bonchev–Trinajstić information content (AvgIpc) is 2.42. The minimum Gasteiger partial charge on any atom is -0.350 e.